The van der Waals surface area contributed by atoms with Crippen molar-refractivity contribution >= 4 is 12.2 Å². The molecule has 0 rings (SSSR count). The zero-order chi connectivity index (χ0) is 16.8. The van der Waals surface area contributed by atoms with Crippen LogP contribution in [0.15, 0.2) is 0 Å². The van der Waals surface area contributed by atoms with Crippen molar-refractivity contribution in [3.8, 4) is 0 Å². The smallest absolute Gasteiger partial charge is 0.408 e. The number of amides is 2. The summed E-state index contributed by atoms with van der Waals surface area (Å²) in [6, 6.07) is 0.312. The van der Waals surface area contributed by atoms with Crippen molar-refractivity contribution < 1.29 is 19.1 Å². The van der Waals surface area contributed by atoms with Gasteiger partial charge >= 0.3 is 12.2 Å². The van der Waals surface area contributed by atoms with Gasteiger partial charge in [0.25, 0.3) is 0 Å². The molecule has 0 aliphatic carbocycles. The molecule has 0 heterocycles. The van der Waals surface area contributed by atoms with Gasteiger partial charge in [-0.2, -0.15) is 0 Å². The van der Waals surface area contributed by atoms with E-state index in [0.29, 0.717) is 12.5 Å². The number of carbonyl (C=O) groups excluding carboxylic acids is 2. The van der Waals surface area contributed by atoms with E-state index in [1.165, 1.54) is 0 Å². The highest BCUT2D eigenvalue weighted by atomic mass is 16.6. The van der Waals surface area contributed by atoms with Gasteiger partial charge in [0.1, 0.15) is 11.2 Å². The molecule has 0 saturated heterocycles. The Kier molecular flexibility index (Phi) is 7.00. The predicted molar refractivity (Wildman–Crippen MR) is 81.7 cm³/mol. The Bertz CT molecular complexity index is 356. The second kappa shape index (κ2) is 7.52. The number of alkyl carbamates (subject to hydrolysis) is 2. The molecule has 0 aliphatic rings. The first kappa shape index (κ1) is 19.5. The number of hydrogen-bond acceptors (Lipinski definition) is 4. The maximum atomic E-state index is 11.7. The van der Waals surface area contributed by atoms with Crippen molar-refractivity contribution in [2.45, 2.75) is 79.1 Å². The molecule has 0 aromatic carbocycles. The van der Waals surface area contributed by atoms with Crippen LogP contribution < -0.4 is 10.6 Å². The highest BCUT2D eigenvalue weighted by Crippen LogP contribution is 2.13. The Hall–Kier alpha value is -1.46. The van der Waals surface area contributed by atoms with Crippen LogP contribution in [0.3, 0.4) is 0 Å². The van der Waals surface area contributed by atoms with E-state index < -0.39 is 23.4 Å². The van der Waals surface area contributed by atoms with Gasteiger partial charge in [-0.15, -0.1) is 0 Å². The minimum atomic E-state index is -0.565. The monoisotopic (exact) mass is 301 g/mol. The molecule has 2 amide bonds. The average molecular weight is 301 g/mol. The molecule has 0 aliphatic heterocycles. The highest BCUT2D eigenvalue weighted by Gasteiger charge is 2.25. The molecule has 0 fully saturated rings. The molecule has 0 bridgehead atoms. The van der Waals surface area contributed by atoms with Crippen LogP contribution in [0.5, 0.6) is 0 Å². The molecule has 6 heteroatoms. The molecule has 6 nitrogen and oxygen atoms in total. The molecule has 1 atom stereocenters. The Morgan fingerprint density at radius 2 is 1.38 bits per heavy atom. The van der Waals surface area contributed by atoms with Crippen LogP contribution in [0.2, 0.25) is 0 Å². The lowest BCUT2D eigenvalue weighted by Gasteiger charge is -2.27. The lowest BCUT2D eigenvalue weighted by molar-refractivity contribution is 0.0468. The van der Waals surface area contributed by atoms with Gasteiger partial charge in [0.15, 0.2) is 0 Å². The van der Waals surface area contributed by atoms with Crippen LogP contribution in [0.1, 0.15) is 61.8 Å². The summed E-state index contributed by atoms with van der Waals surface area (Å²) in [5.74, 6) is 0. The molecule has 1 unspecified atom stereocenters. The van der Waals surface area contributed by atoms with Crippen molar-refractivity contribution in [3.05, 3.63) is 6.04 Å². The van der Waals surface area contributed by atoms with Crippen molar-refractivity contribution in [1.29, 1.82) is 0 Å². The van der Waals surface area contributed by atoms with Gasteiger partial charge in [0, 0.05) is 0 Å². The van der Waals surface area contributed by atoms with Gasteiger partial charge in [0.05, 0.1) is 12.1 Å². The van der Waals surface area contributed by atoms with Crippen LogP contribution in [0.25, 0.3) is 0 Å². The summed E-state index contributed by atoms with van der Waals surface area (Å²) in [7, 11) is 0. The quantitative estimate of drug-likeness (QED) is 0.834. The minimum Gasteiger partial charge on any atom is -0.444 e. The second-order valence-corrected chi connectivity index (χ2v) is 6.87. The van der Waals surface area contributed by atoms with Crippen LogP contribution in [-0.4, -0.2) is 29.4 Å². The standard InChI is InChI=1S/C15H29N2O4/c1-9-11(17-13(19)21-15(6,7)8)10(2)16-12(18)20-14(3,4)5/h10H,9H2,1-8H3,(H,16,18)(H,17,19). The van der Waals surface area contributed by atoms with Crippen molar-refractivity contribution in [2.24, 2.45) is 0 Å². The van der Waals surface area contributed by atoms with E-state index >= 15 is 0 Å². The third kappa shape index (κ3) is 9.98. The summed E-state index contributed by atoms with van der Waals surface area (Å²) < 4.78 is 10.4. The Morgan fingerprint density at radius 1 is 0.952 bits per heavy atom. The van der Waals surface area contributed by atoms with E-state index in [1.807, 2.05) is 6.92 Å². The van der Waals surface area contributed by atoms with Crippen LogP contribution >= 0.6 is 0 Å². The van der Waals surface area contributed by atoms with Crippen molar-refractivity contribution in [2.75, 3.05) is 0 Å². The highest BCUT2D eigenvalue weighted by molar-refractivity contribution is 5.71. The summed E-state index contributed by atoms with van der Waals surface area (Å²) in [4.78, 5) is 23.5. The number of nitrogens with one attached hydrogen (secondary N) is 2. The second-order valence-electron chi connectivity index (χ2n) is 6.87. The predicted octanol–water partition coefficient (Wildman–Crippen LogP) is 3.37. The lowest BCUT2D eigenvalue weighted by Crippen LogP contribution is -2.47. The molecule has 0 saturated carbocycles. The summed E-state index contributed by atoms with van der Waals surface area (Å²) in [6.07, 6.45) is -0.472. The third-order valence-corrected chi connectivity index (χ3v) is 2.30. The SMILES string of the molecule is CC[C](NC(=O)OC(C)(C)C)C(C)NC(=O)OC(C)(C)C. The van der Waals surface area contributed by atoms with Gasteiger partial charge < -0.3 is 20.1 Å². The molecular weight excluding hydrogens is 272 g/mol. The van der Waals surface area contributed by atoms with Gasteiger partial charge in [-0.1, -0.05) is 6.92 Å². The lowest BCUT2D eigenvalue weighted by atomic mass is 10.1. The first-order valence-corrected chi connectivity index (χ1v) is 7.19. The molecular formula is C15H29N2O4. The number of rotatable bonds is 4. The van der Waals surface area contributed by atoms with Crippen molar-refractivity contribution in [1.82, 2.24) is 10.6 Å². The van der Waals surface area contributed by atoms with E-state index in [9.17, 15) is 9.59 Å². The molecule has 123 valence electrons. The molecule has 1 radical (unpaired) electrons. The van der Waals surface area contributed by atoms with Crippen LogP contribution in [0, 0.1) is 6.04 Å². The van der Waals surface area contributed by atoms with Crippen molar-refractivity contribution in [3.63, 3.8) is 0 Å². The van der Waals surface area contributed by atoms with Crippen LogP contribution in [0.4, 0.5) is 9.59 Å². The van der Waals surface area contributed by atoms with E-state index in [4.69, 9.17) is 9.47 Å². The zero-order valence-electron chi connectivity index (χ0n) is 14.4. The molecule has 2 N–H and O–H groups in total. The van der Waals surface area contributed by atoms with E-state index in [0.717, 1.165) is 0 Å². The summed E-state index contributed by atoms with van der Waals surface area (Å²) in [5, 5.41) is 5.36. The fourth-order valence-corrected chi connectivity index (χ4v) is 1.51. The average Bonchev–Trinajstić information content (AvgIpc) is 2.19. The maximum Gasteiger partial charge on any atom is 0.408 e. The van der Waals surface area contributed by atoms with Gasteiger partial charge in [-0.05, 0) is 54.9 Å². The third-order valence-electron chi connectivity index (χ3n) is 2.30. The summed E-state index contributed by atoms with van der Waals surface area (Å²) >= 11 is 0. The Balaban J connectivity index is 4.46. The summed E-state index contributed by atoms with van der Waals surface area (Å²) in [5.41, 5.74) is -1.13. The Labute approximate surface area is 127 Å². The first-order valence-electron chi connectivity index (χ1n) is 7.19. The fourth-order valence-electron chi connectivity index (χ4n) is 1.51. The normalized spacial score (nSPS) is 13.6. The fraction of sp³-hybridized carbons (Fsp3) is 0.800. The van der Waals surface area contributed by atoms with E-state index in [-0.39, 0.29) is 6.04 Å². The topological polar surface area (TPSA) is 76.7 Å². The number of ether oxygens (including phenoxy) is 2. The van der Waals surface area contributed by atoms with Gasteiger partial charge in [-0.25, -0.2) is 9.59 Å². The maximum absolute atomic E-state index is 11.7. The molecule has 21 heavy (non-hydrogen) atoms. The minimum absolute atomic E-state index is 0.350. The van der Waals surface area contributed by atoms with Gasteiger partial charge in [0.2, 0.25) is 0 Å². The zero-order valence-corrected chi connectivity index (χ0v) is 14.4. The van der Waals surface area contributed by atoms with Gasteiger partial charge in [-0.3, -0.25) is 0 Å². The first-order chi connectivity index (χ1) is 9.34. The van der Waals surface area contributed by atoms with E-state index in [1.54, 1.807) is 48.5 Å². The molecule has 0 aromatic heterocycles. The number of hydrogen-bond donors (Lipinski definition) is 2. The molecule has 0 aromatic rings. The van der Waals surface area contributed by atoms with E-state index in [2.05, 4.69) is 10.6 Å². The molecule has 0 spiro atoms. The largest absolute Gasteiger partial charge is 0.444 e. The summed E-state index contributed by atoms with van der Waals surface area (Å²) in [6.45, 7) is 14.4. The van der Waals surface area contributed by atoms with Crippen LogP contribution in [-0.2, 0) is 9.47 Å². The number of carbonyl (C=O) groups is 2. The Morgan fingerprint density at radius 3 is 1.76 bits per heavy atom.